The number of nitrogens with one attached hydrogen (secondary N) is 1. The Kier molecular flexibility index (Phi) is 17.4. The van der Waals surface area contributed by atoms with Gasteiger partial charge in [0, 0.05) is 29.8 Å². The minimum Gasteiger partial charge on any atom is -0.550 e. The van der Waals surface area contributed by atoms with Gasteiger partial charge in [0.1, 0.15) is 24.5 Å². The molecule has 1 saturated carbocycles. The quantitative estimate of drug-likeness (QED) is 0.0425. The summed E-state index contributed by atoms with van der Waals surface area (Å²) in [7, 11) is 0. The molecule has 0 radical (unpaired) electrons. The lowest BCUT2D eigenvalue weighted by Crippen LogP contribution is -2.78. The Balaban J connectivity index is 0.000000590. The smallest absolute Gasteiger partial charge is 0.338 e. The summed E-state index contributed by atoms with van der Waals surface area (Å²) >= 11 is 5.89. The highest BCUT2D eigenvalue weighted by Gasteiger charge is 2.39. The van der Waals surface area contributed by atoms with Crippen molar-refractivity contribution in [2.45, 2.75) is 69.3 Å². The number of aliphatic carboxylic acids is 2. The molecule has 2 unspecified atom stereocenters. The minimum absolute atomic E-state index is 0.0234. The van der Waals surface area contributed by atoms with Crippen LogP contribution in [0, 0.1) is 11.8 Å². The molecule has 41 heavy (non-hydrogen) atoms. The standard InChI is InChI=1S/C22H29ClO6.C6H14N4O2/c23-15-6-5-7-17(12-15)29-14-16(24)10-11-19-18(20(25)13-21(19)26)8-3-1-2-4-9-22(27)28;7-4(5(11)12)2-1-3-10-6(8)9/h1,3,5-7,10-12,16,18-21,24-26H,2,4,8-9,13-14H2,(H,27,28);4H,1-3,7H2,(H,11,12)(H4,8,9,10)/b3-1-,11-10+;/t16-,18?,19?,20+,21-;4-/m10/s1. The van der Waals surface area contributed by atoms with Crippen molar-refractivity contribution in [3.8, 4) is 5.75 Å². The van der Waals surface area contributed by atoms with Gasteiger partial charge in [-0.25, -0.2) is 0 Å². The van der Waals surface area contributed by atoms with Crippen LogP contribution in [0.1, 0.15) is 44.9 Å². The van der Waals surface area contributed by atoms with Crippen LogP contribution in [0.15, 0.2) is 48.6 Å². The van der Waals surface area contributed by atoms with E-state index in [0.717, 1.165) is 0 Å². The first-order valence-corrected chi connectivity index (χ1v) is 13.9. The summed E-state index contributed by atoms with van der Waals surface area (Å²) in [6, 6.07) is 6.23. The van der Waals surface area contributed by atoms with Gasteiger partial charge in [-0.3, -0.25) is 16.5 Å². The number of carboxylic acids is 2. The van der Waals surface area contributed by atoms with Gasteiger partial charge in [0.2, 0.25) is 0 Å². The van der Waals surface area contributed by atoms with E-state index in [4.69, 9.17) is 27.8 Å². The van der Waals surface area contributed by atoms with Crippen LogP contribution in [0.4, 0.5) is 0 Å². The van der Waals surface area contributed by atoms with Crippen LogP contribution >= 0.6 is 11.6 Å². The fourth-order valence-electron chi connectivity index (χ4n) is 4.19. The van der Waals surface area contributed by atoms with Crippen molar-refractivity contribution in [2.24, 2.45) is 23.3 Å². The molecule has 0 saturated heterocycles. The molecule has 13 heteroatoms. The predicted octanol–water partition coefficient (Wildman–Crippen LogP) is -3.66. The molecule has 0 aromatic heterocycles. The minimum atomic E-state index is -1.13. The number of rotatable bonds is 16. The lowest BCUT2D eigenvalue weighted by atomic mass is 9.89. The molecule has 2 rings (SSSR count). The number of allylic oxidation sites excluding steroid dienone is 2. The Morgan fingerprint density at radius 2 is 1.93 bits per heavy atom. The number of ether oxygens (including phenoxy) is 1. The van der Waals surface area contributed by atoms with Gasteiger partial charge < -0.3 is 45.6 Å². The van der Waals surface area contributed by atoms with Gasteiger partial charge in [-0.1, -0.05) is 42.0 Å². The van der Waals surface area contributed by atoms with Crippen molar-refractivity contribution in [3.05, 3.63) is 53.6 Å². The van der Waals surface area contributed by atoms with Crippen molar-refractivity contribution in [2.75, 3.05) is 13.2 Å². The second-order valence-electron chi connectivity index (χ2n) is 9.84. The highest BCUT2D eigenvalue weighted by Crippen LogP contribution is 2.36. The van der Waals surface area contributed by atoms with Crippen molar-refractivity contribution in [1.29, 1.82) is 0 Å². The van der Waals surface area contributed by atoms with E-state index in [-0.39, 0.29) is 37.2 Å². The van der Waals surface area contributed by atoms with Gasteiger partial charge in [0.05, 0.1) is 24.7 Å². The Hall–Kier alpha value is -3.16. The Bertz CT molecular complexity index is 1020. The molecule has 0 bridgehead atoms. The van der Waals surface area contributed by atoms with Gasteiger partial charge in [-0.2, -0.15) is 0 Å². The van der Waals surface area contributed by atoms with E-state index in [2.05, 4.69) is 10.7 Å². The Labute approximate surface area is 245 Å². The molecule has 1 fully saturated rings. The van der Waals surface area contributed by atoms with Gasteiger partial charge in [0.15, 0.2) is 0 Å². The molecule has 1 aliphatic rings. The number of nitrogens with two attached hydrogens (primary N) is 2. The van der Waals surface area contributed by atoms with Gasteiger partial charge in [-0.15, -0.1) is 0 Å². The first-order chi connectivity index (χ1) is 19.4. The number of carbonyl (C=O) groups is 2. The highest BCUT2D eigenvalue weighted by atomic mass is 35.5. The maximum atomic E-state index is 10.4. The van der Waals surface area contributed by atoms with Crippen LogP contribution in [0.5, 0.6) is 5.75 Å². The van der Waals surface area contributed by atoms with Gasteiger partial charge in [0.25, 0.3) is 0 Å². The zero-order chi connectivity index (χ0) is 30.8. The highest BCUT2D eigenvalue weighted by molar-refractivity contribution is 6.30. The number of benzene rings is 1. The molecule has 12 nitrogen and oxygen atoms in total. The van der Waals surface area contributed by atoms with Crippen LogP contribution in [0.3, 0.4) is 0 Å². The van der Waals surface area contributed by atoms with E-state index in [1.54, 1.807) is 36.4 Å². The summed E-state index contributed by atoms with van der Waals surface area (Å²) < 4.78 is 5.50. The maximum absolute atomic E-state index is 10.4. The van der Waals surface area contributed by atoms with Crippen molar-refractivity contribution >= 4 is 29.5 Å². The number of halogens is 1. The SMILES string of the molecule is NC(N)=[NH+]CCC[C@H]([NH3+])C(=O)[O-].O=C([O-])CCC/C=C\CC1C(/C=C/[C@@H](O)COc2cccc(Cl)c2)[C@H](O)C[C@@H]1O. The fourth-order valence-corrected chi connectivity index (χ4v) is 4.37. The Morgan fingerprint density at radius 3 is 2.56 bits per heavy atom. The third-order valence-corrected chi connectivity index (χ3v) is 6.64. The Morgan fingerprint density at radius 1 is 1.20 bits per heavy atom. The van der Waals surface area contributed by atoms with E-state index in [1.165, 1.54) is 0 Å². The van der Waals surface area contributed by atoms with Crippen LogP contribution in [0.2, 0.25) is 5.02 Å². The normalized spacial score (nSPS) is 21.7. The second kappa shape index (κ2) is 19.8. The third kappa shape index (κ3) is 16.0. The summed E-state index contributed by atoms with van der Waals surface area (Å²) in [4.78, 5) is 23.2. The average molecular weight is 599 g/mol. The summed E-state index contributed by atoms with van der Waals surface area (Å²) in [5.41, 5.74) is 13.6. The first kappa shape index (κ1) is 35.9. The van der Waals surface area contributed by atoms with E-state index in [0.29, 0.717) is 49.4 Å². The molecule has 230 valence electrons. The molecule has 0 amide bonds. The molecule has 6 atom stereocenters. The molecule has 1 aromatic rings. The van der Waals surface area contributed by atoms with E-state index in [9.17, 15) is 35.1 Å². The molecule has 1 aliphatic carbocycles. The zero-order valence-corrected chi connectivity index (χ0v) is 23.8. The number of aliphatic hydroxyl groups excluding tert-OH is 3. The summed E-state index contributed by atoms with van der Waals surface area (Å²) in [6.07, 6.45) is 8.05. The van der Waals surface area contributed by atoms with E-state index in [1.807, 2.05) is 12.2 Å². The monoisotopic (exact) mass is 598 g/mol. The summed E-state index contributed by atoms with van der Waals surface area (Å²) in [5.74, 6) is -1.93. The van der Waals surface area contributed by atoms with Crippen LogP contribution in [-0.2, 0) is 9.59 Å². The molecular weight excluding hydrogens is 556 g/mol. The molecular formula is C28H43ClN4O8. The second-order valence-corrected chi connectivity index (χ2v) is 10.3. The summed E-state index contributed by atoms with van der Waals surface area (Å²) in [6.45, 7) is 0.604. The average Bonchev–Trinajstić information content (AvgIpc) is 3.17. The number of carbonyl (C=O) groups excluding carboxylic acids is 2. The molecule has 1 aromatic carbocycles. The number of guanidine groups is 1. The largest absolute Gasteiger partial charge is 0.550 e. The predicted molar refractivity (Wildman–Crippen MR) is 148 cm³/mol. The van der Waals surface area contributed by atoms with Crippen LogP contribution in [0.25, 0.3) is 0 Å². The topological polar surface area (TPSA) is 244 Å². The fraction of sp³-hybridized carbons (Fsp3) is 0.536. The number of quaternary nitrogens is 1. The number of hydrogen-bond donors (Lipinski definition) is 7. The summed E-state index contributed by atoms with van der Waals surface area (Å²) in [5, 5.41) is 51.7. The van der Waals surface area contributed by atoms with Crippen molar-refractivity contribution in [3.63, 3.8) is 0 Å². The van der Waals surface area contributed by atoms with Crippen molar-refractivity contribution < 1.29 is 50.6 Å². The lowest BCUT2D eigenvalue weighted by molar-refractivity contribution is -0.466. The zero-order valence-electron chi connectivity index (χ0n) is 23.1. The maximum Gasteiger partial charge on any atom is 0.338 e. The number of unbranched alkanes of at least 4 members (excludes halogenated alkanes) is 1. The van der Waals surface area contributed by atoms with Gasteiger partial charge >= 0.3 is 5.96 Å². The lowest BCUT2D eigenvalue weighted by Gasteiger charge is -2.19. The third-order valence-electron chi connectivity index (χ3n) is 6.41. The first-order valence-electron chi connectivity index (χ1n) is 13.5. The molecule has 0 heterocycles. The van der Waals surface area contributed by atoms with Gasteiger partial charge in [-0.05, 0) is 56.2 Å². The van der Waals surface area contributed by atoms with E-state index >= 15 is 0 Å². The van der Waals surface area contributed by atoms with Crippen LogP contribution in [-0.4, -0.2) is 70.7 Å². The van der Waals surface area contributed by atoms with Crippen molar-refractivity contribution in [1.82, 2.24) is 0 Å². The van der Waals surface area contributed by atoms with E-state index < -0.39 is 36.3 Å². The van der Waals surface area contributed by atoms with Crippen LogP contribution < -0.4 is 37.1 Å². The number of hydrogen-bond acceptors (Lipinski definition) is 8. The number of carboxylic acid groups (broad SMARTS) is 2. The molecule has 0 aliphatic heterocycles. The molecule has 0 spiro atoms. The molecule has 11 N–H and O–H groups in total. The number of aliphatic hydroxyl groups is 3.